The lowest BCUT2D eigenvalue weighted by atomic mass is 10.1. The smallest absolute Gasteiger partial charge is 0.133 e. The number of ether oxygens (including phenoxy) is 1. The SMILES string of the molecule is CSc1cccc(Oc2cc(C)c(Cl)c(C)c2)c1CN. The van der Waals surface area contributed by atoms with Crippen molar-refractivity contribution >= 4 is 23.4 Å². The van der Waals surface area contributed by atoms with Crippen LogP contribution < -0.4 is 10.5 Å². The van der Waals surface area contributed by atoms with Gasteiger partial charge in [0.25, 0.3) is 0 Å². The zero-order valence-corrected chi connectivity index (χ0v) is 13.4. The molecule has 0 atom stereocenters. The summed E-state index contributed by atoms with van der Waals surface area (Å²) in [6, 6.07) is 9.87. The fourth-order valence-corrected chi connectivity index (χ4v) is 2.88. The van der Waals surface area contributed by atoms with Crippen molar-refractivity contribution in [3.63, 3.8) is 0 Å². The van der Waals surface area contributed by atoms with Crippen LogP contribution in [-0.4, -0.2) is 6.26 Å². The van der Waals surface area contributed by atoms with Gasteiger partial charge in [-0.3, -0.25) is 0 Å². The summed E-state index contributed by atoms with van der Waals surface area (Å²) in [4.78, 5) is 1.15. The molecule has 0 bridgehead atoms. The Morgan fingerprint density at radius 1 is 1.20 bits per heavy atom. The number of halogens is 1. The van der Waals surface area contributed by atoms with E-state index in [2.05, 4.69) is 6.07 Å². The maximum Gasteiger partial charge on any atom is 0.133 e. The van der Waals surface area contributed by atoms with Crippen LogP contribution in [0.5, 0.6) is 11.5 Å². The Kier molecular flexibility index (Phi) is 4.97. The summed E-state index contributed by atoms with van der Waals surface area (Å²) >= 11 is 7.85. The van der Waals surface area contributed by atoms with Gasteiger partial charge in [-0.15, -0.1) is 11.8 Å². The standard InChI is InChI=1S/C16H18ClNOS/c1-10-7-12(8-11(2)16(10)17)19-14-5-4-6-15(20-3)13(14)9-18/h4-8H,9,18H2,1-3H3. The van der Waals surface area contributed by atoms with Crippen LogP contribution in [0, 0.1) is 13.8 Å². The molecule has 0 aromatic heterocycles. The van der Waals surface area contributed by atoms with Gasteiger partial charge in [-0.05, 0) is 55.5 Å². The molecule has 2 rings (SSSR count). The zero-order chi connectivity index (χ0) is 14.7. The van der Waals surface area contributed by atoms with Crippen LogP contribution in [0.2, 0.25) is 5.02 Å². The molecule has 0 fully saturated rings. The van der Waals surface area contributed by atoms with E-state index in [1.165, 1.54) is 0 Å². The van der Waals surface area contributed by atoms with Gasteiger partial charge < -0.3 is 10.5 Å². The average Bonchev–Trinajstić information content (AvgIpc) is 2.44. The summed E-state index contributed by atoms with van der Waals surface area (Å²) < 4.78 is 6.01. The molecule has 0 unspecified atom stereocenters. The van der Waals surface area contributed by atoms with E-state index in [9.17, 15) is 0 Å². The number of hydrogen-bond acceptors (Lipinski definition) is 3. The van der Waals surface area contributed by atoms with Gasteiger partial charge in [0.1, 0.15) is 11.5 Å². The minimum absolute atomic E-state index is 0.456. The van der Waals surface area contributed by atoms with Gasteiger partial charge in [0.15, 0.2) is 0 Å². The molecule has 2 aromatic rings. The maximum atomic E-state index is 6.18. The van der Waals surface area contributed by atoms with E-state index < -0.39 is 0 Å². The van der Waals surface area contributed by atoms with Crippen LogP contribution in [0.15, 0.2) is 35.2 Å². The van der Waals surface area contributed by atoms with Crippen LogP contribution in [0.4, 0.5) is 0 Å². The second-order valence-corrected chi connectivity index (χ2v) is 5.84. The van der Waals surface area contributed by atoms with Crippen LogP contribution in [-0.2, 0) is 6.54 Å². The second-order valence-electron chi connectivity index (χ2n) is 4.61. The molecule has 4 heteroatoms. The van der Waals surface area contributed by atoms with E-state index in [1.807, 2.05) is 44.4 Å². The Morgan fingerprint density at radius 2 is 1.85 bits per heavy atom. The molecular weight excluding hydrogens is 290 g/mol. The quantitative estimate of drug-likeness (QED) is 0.813. The summed E-state index contributed by atoms with van der Waals surface area (Å²) in [5.74, 6) is 1.60. The van der Waals surface area contributed by atoms with Gasteiger partial charge >= 0.3 is 0 Å². The molecule has 0 amide bonds. The highest BCUT2D eigenvalue weighted by Crippen LogP contribution is 2.34. The predicted molar refractivity (Wildman–Crippen MR) is 87.1 cm³/mol. The molecule has 2 nitrogen and oxygen atoms in total. The molecule has 20 heavy (non-hydrogen) atoms. The van der Waals surface area contributed by atoms with Crippen LogP contribution in [0.1, 0.15) is 16.7 Å². The number of nitrogens with two attached hydrogens (primary N) is 1. The number of rotatable bonds is 4. The highest BCUT2D eigenvalue weighted by Gasteiger charge is 2.10. The highest BCUT2D eigenvalue weighted by atomic mass is 35.5. The van der Waals surface area contributed by atoms with Crippen molar-refractivity contribution < 1.29 is 4.74 Å². The zero-order valence-electron chi connectivity index (χ0n) is 11.9. The van der Waals surface area contributed by atoms with Crippen molar-refractivity contribution in [1.82, 2.24) is 0 Å². The third-order valence-electron chi connectivity index (χ3n) is 3.15. The largest absolute Gasteiger partial charge is 0.457 e. The third kappa shape index (κ3) is 3.11. The molecule has 0 saturated heterocycles. The van der Waals surface area contributed by atoms with Crippen molar-refractivity contribution in [2.45, 2.75) is 25.3 Å². The van der Waals surface area contributed by atoms with Crippen LogP contribution in [0.25, 0.3) is 0 Å². The summed E-state index contributed by atoms with van der Waals surface area (Å²) in [5, 5.41) is 0.786. The lowest BCUT2D eigenvalue weighted by molar-refractivity contribution is 0.473. The van der Waals surface area contributed by atoms with E-state index >= 15 is 0 Å². The van der Waals surface area contributed by atoms with E-state index in [-0.39, 0.29) is 0 Å². The van der Waals surface area contributed by atoms with Crippen molar-refractivity contribution in [2.24, 2.45) is 5.73 Å². The lowest BCUT2D eigenvalue weighted by Gasteiger charge is -2.14. The van der Waals surface area contributed by atoms with Crippen molar-refractivity contribution in [3.8, 4) is 11.5 Å². The Hall–Kier alpha value is -1.16. The van der Waals surface area contributed by atoms with Gasteiger partial charge in [0.05, 0.1) is 0 Å². The first-order valence-corrected chi connectivity index (χ1v) is 7.97. The Bertz CT molecular complexity index is 605. The highest BCUT2D eigenvalue weighted by molar-refractivity contribution is 7.98. The number of thioether (sulfide) groups is 1. The predicted octanol–water partition coefficient (Wildman–Crippen LogP) is 4.93. The van der Waals surface area contributed by atoms with E-state index in [0.717, 1.165) is 38.1 Å². The second kappa shape index (κ2) is 6.53. The molecule has 0 aliphatic heterocycles. The molecular formula is C16H18ClNOS. The number of aryl methyl sites for hydroxylation is 2. The van der Waals surface area contributed by atoms with Gasteiger partial charge in [0.2, 0.25) is 0 Å². The van der Waals surface area contributed by atoms with Crippen LogP contribution in [0.3, 0.4) is 0 Å². The number of benzene rings is 2. The fourth-order valence-electron chi connectivity index (χ4n) is 2.13. The molecule has 0 aliphatic rings. The Labute approximate surface area is 129 Å². The first-order chi connectivity index (χ1) is 9.56. The number of hydrogen-bond donors (Lipinski definition) is 1. The minimum Gasteiger partial charge on any atom is -0.457 e. The normalized spacial score (nSPS) is 10.7. The molecule has 2 N–H and O–H groups in total. The van der Waals surface area contributed by atoms with Crippen molar-refractivity contribution in [3.05, 3.63) is 52.0 Å². The van der Waals surface area contributed by atoms with Gasteiger partial charge in [-0.25, -0.2) is 0 Å². The van der Waals surface area contributed by atoms with Crippen molar-refractivity contribution in [2.75, 3.05) is 6.26 Å². The van der Waals surface area contributed by atoms with Crippen molar-refractivity contribution in [1.29, 1.82) is 0 Å². The van der Waals surface area contributed by atoms with Gasteiger partial charge in [0, 0.05) is 22.0 Å². The topological polar surface area (TPSA) is 35.2 Å². The molecule has 2 aromatic carbocycles. The van der Waals surface area contributed by atoms with E-state index in [0.29, 0.717) is 6.54 Å². The molecule has 0 saturated carbocycles. The van der Waals surface area contributed by atoms with Gasteiger partial charge in [-0.2, -0.15) is 0 Å². The van der Waals surface area contributed by atoms with Crippen LogP contribution >= 0.6 is 23.4 Å². The Balaban J connectivity index is 2.40. The molecule has 0 aliphatic carbocycles. The Morgan fingerprint density at radius 3 is 2.40 bits per heavy atom. The summed E-state index contributed by atoms with van der Waals surface area (Å²) in [6.45, 7) is 4.41. The molecule has 0 spiro atoms. The minimum atomic E-state index is 0.456. The third-order valence-corrected chi connectivity index (χ3v) is 4.57. The van der Waals surface area contributed by atoms with Gasteiger partial charge in [-0.1, -0.05) is 17.7 Å². The average molecular weight is 308 g/mol. The fraction of sp³-hybridized carbons (Fsp3) is 0.250. The first-order valence-electron chi connectivity index (χ1n) is 6.37. The monoisotopic (exact) mass is 307 g/mol. The summed E-state index contributed by atoms with van der Waals surface area (Å²) in [7, 11) is 0. The summed E-state index contributed by atoms with van der Waals surface area (Å²) in [5.41, 5.74) is 8.90. The lowest BCUT2D eigenvalue weighted by Crippen LogP contribution is -2.01. The van der Waals surface area contributed by atoms with E-state index in [1.54, 1.807) is 11.8 Å². The maximum absolute atomic E-state index is 6.18. The molecule has 106 valence electrons. The molecule has 0 radical (unpaired) electrons. The molecule has 0 heterocycles. The van der Waals surface area contributed by atoms with E-state index in [4.69, 9.17) is 22.1 Å². The summed E-state index contributed by atoms with van der Waals surface area (Å²) in [6.07, 6.45) is 2.04. The first kappa shape index (κ1) is 15.2.